The smallest absolute Gasteiger partial charge is 0.230 e. The van der Waals surface area contributed by atoms with Gasteiger partial charge < -0.3 is 24.7 Å². The topological polar surface area (TPSA) is 83.7 Å². The molecule has 34 heavy (non-hydrogen) atoms. The quantitative estimate of drug-likeness (QED) is 0.535. The number of benzene rings is 2. The SMILES string of the molecule is COc1ccccc1CNC(=O)[C@@H]1[C@@H]2C=C[C@@]3(CN(CCc4c[nH]c5ccccc45)C(=O)[C@@H]13)O2. The van der Waals surface area contributed by atoms with Crippen LogP contribution in [0.5, 0.6) is 5.75 Å². The van der Waals surface area contributed by atoms with Gasteiger partial charge in [-0.25, -0.2) is 0 Å². The van der Waals surface area contributed by atoms with Crippen molar-refractivity contribution in [2.24, 2.45) is 11.8 Å². The van der Waals surface area contributed by atoms with Gasteiger partial charge in [-0.1, -0.05) is 48.6 Å². The molecule has 3 aliphatic rings. The van der Waals surface area contributed by atoms with Crippen LogP contribution < -0.4 is 10.1 Å². The number of aromatic amines is 1. The second-order valence-electron chi connectivity index (χ2n) is 9.30. The molecule has 3 aliphatic heterocycles. The van der Waals surface area contributed by atoms with E-state index >= 15 is 0 Å². The fourth-order valence-corrected chi connectivity index (χ4v) is 5.81. The first-order valence-corrected chi connectivity index (χ1v) is 11.7. The van der Waals surface area contributed by atoms with E-state index in [-0.39, 0.29) is 17.9 Å². The Balaban J connectivity index is 1.16. The van der Waals surface area contributed by atoms with E-state index in [1.165, 1.54) is 10.9 Å². The number of nitrogens with one attached hydrogen (secondary N) is 2. The maximum absolute atomic E-state index is 13.5. The van der Waals surface area contributed by atoms with E-state index in [9.17, 15) is 9.59 Å². The summed E-state index contributed by atoms with van der Waals surface area (Å²) in [4.78, 5) is 31.9. The van der Waals surface area contributed by atoms with Crippen LogP contribution in [0.3, 0.4) is 0 Å². The molecule has 0 aliphatic carbocycles. The van der Waals surface area contributed by atoms with Gasteiger partial charge in [0.05, 0.1) is 31.6 Å². The van der Waals surface area contributed by atoms with E-state index < -0.39 is 17.4 Å². The molecule has 0 radical (unpaired) electrons. The number of hydrogen-bond donors (Lipinski definition) is 2. The van der Waals surface area contributed by atoms with Crippen LogP contribution in [-0.2, 0) is 27.3 Å². The number of para-hydroxylation sites is 2. The highest BCUT2D eigenvalue weighted by Gasteiger charge is 2.66. The number of carbonyl (C=O) groups excluding carboxylic acids is 2. The van der Waals surface area contributed by atoms with Crippen molar-refractivity contribution in [3.05, 3.63) is 78.0 Å². The lowest BCUT2D eigenvalue weighted by Gasteiger charge is -2.23. The molecule has 4 heterocycles. The third-order valence-corrected chi connectivity index (χ3v) is 7.45. The zero-order valence-corrected chi connectivity index (χ0v) is 19.0. The van der Waals surface area contributed by atoms with E-state index in [2.05, 4.69) is 22.4 Å². The summed E-state index contributed by atoms with van der Waals surface area (Å²) in [5.41, 5.74) is 2.47. The molecule has 1 spiro atoms. The van der Waals surface area contributed by atoms with Crippen molar-refractivity contribution < 1.29 is 19.1 Å². The van der Waals surface area contributed by atoms with Gasteiger partial charge in [0.1, 0.15) is 11.4 Å². The number of fused-ring (bicyclic) bond motifs is 2. The third-order valence-electron chi connectivity index (χ3n) is 7.45. The number of H-pyrrole nitrogens is 1. The molecule has 4 atom stereocenters. The van der Waals surface area contributed by atoms with Crippen LogP contribution in [0.2, 0.25) is 0 Å². The van der Waals surface area contributed by atoms with Gasteiger partial charge in [0.15, 0.2) is 0 Å². The summed E-state index contributed by atoms with van der Waals surface area (Å²) in [6, 6.07) is 15.8. The Morgan fingerprint density at radius 3 is 2.91 bits per heavy atom. The molecule has 174 valence electrons. The zero-order chi connectivity index (χ0) is 23.3. The molecule has 6 rings (SSSR count). The molecule has 2 bridgehead atoms. The average Bonchev–Trinajstić information content (AvgIpc) is 3.61. The summed E-state index contributed by atoms with van der Waals surface area (Å²) in [6.07, 6.45) is 6.34. The molecule has 7 heteroatoms. The lowest BCUT2D eigenvalue weighted by molar-refractivity contribution is -0.137. The van der Waals surface area contributed by atoms with Crippen molar-refractivity contribution >= 4 is 22.7 Å². The standard InChI is InChI=1S/C27H27N3O4/c1-33-21-9-5-2-6-18(21)15-29-25(31)23-22-10-12-27(34-22)16-30(26(32)24(23)27)13-11-17-14-28-20-8-4-3-7-19(17)20/h2-10,12,14,22-24,28H,11,13,15-16H2,1H3,(H,29,31)/t22-,23+,24+,27-/m0/s1. The van der Waals surface area contributed by atoms with Crippen molar-refractivity contribution in [3.63, 3.8) is 0 Å². The molecule has 2 amide bonds. The Kier molecular flexibility index (Phi) is 4.95. The predicted molar refractivity (Wildman–Crippen MR) is 127 cm³/mol. The van der Waals surface area contributed by atoms with Crippen LogP contribution in [-0.4, -0.2) is 53.6 Å². The number of amides is 2. The van der Waals surface area contributed by atoms with Gasteiger partial charge in [0.25, 0.3) is 0 Å². The van der Waals surface area contributed by atoms with Crippen molar-refractivity contribution in [2.45, 2.75) is 24.7 Å². The van der Waals surface area contributed by atoms with Gasteiger partial charge in [-0.2, -0.15) is 0 Å². The minimum Gasteiger partial charge on any atom is -0.496 e. The Bertz CT molecular complexity index is 1300. The summed E-state index contributed by atoms with van der Waals surface area (Å²) in [5, 5.41) is 4.19. The third kappa shape index (κ3) is 3.22. The number of methoxy groups -OCH3 is 1. The molecule has 3 aromatic rings. The molecule has 2 fully saturated rings. The summed E-state index contributed by atoms with van der Waals surface area (Å²) < 4.78 is 11.6. The molecule has 2 N–H and O–H groups in total. The largest absolute Gasteiger partial charge is 0.496 e. The van der Waals surface area contributed by atoms with Crippen LogP contribution in [0.1, 0.15) is 11.1 Å². The number of nitrogens with zero attached hydrogens (tertiary/aromatic N) is 1. The van der Waals surface area contributed by atoms with Gasteiger partial charge in [-0.05, 0) is 24.1 Å². The minimum atomic E-state index is -0.700. The van der Waals surface area contributed by atoms with E-state index in [1.54, 1.807) is 7.11 Å². The van der Waals surface area contributed by atoms with Crippen LogP contribution in [0.15, 0.2) is 66.9 Å². The Morgan fingerprint density at radius 1 is 1.21 bits per heavy atom. The van der Waals surface area contributed by atoms with Crippen LogP contribution in [0.25, 0.3) is 10.9 Å². The first kappa shape index (κ1) is 21.0. The summed E-state index contributed by atoms with van der Waals surface area (Å²) in [5.74, 6) is -0.430. The molecule has 2 saturated heterocycles. The molecule has 0 unspecified atom stereocenters. The minimum absolute atomic E-state index is 0.00383. The van der Waals surface area contributed by atoms with Gasteiger partial charge in [-0.3, -0.25) is 9.59 Å². The lowest BCUT2D eigenvalue weighted by atomic mass is 9.77. The normalized spacial score (nSPS) is 26.9. The molecular formula is C27H27N3O4. The lowest BCUT2D eigenvalue weighted by Crippen LogP contribution is -2.44. The van der Waals surface area contributed by atoms with Gasteiger partial charge in [0, 0.05) is 35.8 Å². The number of carbonyl (C=O) groups is 2. The Labute approximate surface area is 197 Å². The highest BCUT2D eigenvalue weighted by Crippen LogP contribution is 2.51. The van der Waals surface area contributed by atoms with Gasteiger partial charge in [0.2, 0.25) is 11.8 Å². The van der Waals surface area contributed by atoms with Crippen molar-refractivity contribution in [1.29, 1.82) is 0 Å². The van der Waals surface area contributed by atoms with Crippen LogP contribution in [0.4, 0.5) is 0 Å². The first-order chi connectivity index (χ1) is 16.6. The molecule has 2 aromatic carbocycles. The summed E-state index contributed by atoms with van der Waals surface area (Å²) in [7, 11) is 1.61. The summed E-state index contributed by atoms with van der Waals surface area (Å²) >= 11 is 0. The molecule has 1 aromatic heterocycles. The second kappa shape index (κ2) is 8.02. The van der Waals surface area contributed by atoms with E-state index in [0.717, 1.165) is 23.3 Å². The van der Waals surface area contributed by atoms with Gasteiger partial charge in [-0.15, -0.1) is 0 Å². The maximum Gasteiger partial charge on any atom is 0.230 e. The van der Waals surface area contributed by atoms with E-state index in [1.807, 2.05) is 59.6 Å². The van der Waals surface area contributed by atoms with Crippen molar-refractivity contribution in [2.75, 3.05) is 20.2 Å². The molecular weight excluding hydrogens is 430 g/mol. The van der Waals surface area contributed by atoms with Gasteiger partial charge >= 0.3 is 0 Å². The maximum atomic E-state index is 13.5. The highest BCUT2D eigenvalue weighted by molar-refractivity contribution is 5.93. The average molecular weight is 458 g/mol. The zero-order valence-electron chi connectivity index (χ0n) is 19.0. The van der Waals surface area contributed by atoms with E-state index in [0.29, 0.717) is 19.6 Å². The summed E-state index contributed by atoms with van der Waals surface area (Å²) in [6.45, 7) is 1.42. The molecule has 0 saturated carbocycles. The Morgan fingerprint density at radius 2 is 2.03 bits per heavy atom. The van der Waals surface area contributed by atoms with Crippen LogP contribution in [0, 0.1) is 11.8 Å². The second-order valence-corrected chi connectivity index (χ2v) is 9.30. The number of rotatable bonds is 7. The monoisotopic (exact) mass is 457 g/mol. The fraction of sp³-hybridized carbons (Fsp3) is 0.333. The number of ether oxygens (including phenoxy) is 2. The first-order valence-electron chi connectivity index (χ1n) is 11.7. The number of hydrogen-bond acceptors (Lipinski definition) is 4. The molecule has 7 nitrogen and oxygen atoms in total. The Hall–Kier alpha value is -3.58. The van der Waals surface area contributed by atoms with E-state index in [4.69, 9.17) is 9.47 Å². The predicted octanol–water partition coefficient (Wildman–Crippen LogP) is 2.82. The number of aromatic nitrogens is 1. The number of likely N-dealkylation sites (tertiary alicyclic amines) is 1. The van der Waals surface area contributed by atoms with Crippen LogP contribution >= 0.6 is 0 Å². The fourth-order valence-electron chi connectivity index (χ4n) is 5.81. The highest BCUT2D eigenvalue weighted by atomic mass is 16.5. The van der Waals surface area contributed by atoms with Crippen molar-refractivity contribution in [3.8, 4) is 5.75 Å². The van der Waals surface area contributed by atoms with Crippen molar-refractivity contribution in [1.82, 2.24) is 15.2 Å².